The van der Waals surface area contributed by atoms with Crippen LogP contribution in [0.4, 0.5) is 23.7 Å². The summed E-state index contributed by atoms with van der Waals surface area (Å²) in [6, 6.07) is 10.6. The molecule has 13 heteroatoms. The van der Waals surface area contributed by atoms with E-state index in [1.165, 1.54) is 6.20 Å². The van der Waals surface area contributed by atoms with Crippen LogP contribution < -0.4 is 22.1 Å². The molecule has 0 aliphatic carbocycles. The normalized spacial score (nSPS) is 13.2. The number of aliphatic imine (C=N–C) groups is 1. The van der Waals surface area contributed by atoms with Gasteiger partial charge in [-0.25, -0.2) is 14.3 Å². The summed E-state index contributed by atoms with van der Waals surface area (Å²) in [4.78, 5) is 20.7. The number of anilines is 1. The highest BCUT2D eigenvalue weighted by Gasteiger charge is 2.27. The number of hydrogen-bond donors (Lipinski definition) is 4. The van der Waals surface area contributed by atoms with E-state index in [9.17, 15) is 18.0 Å². The van der Waals surface area contributed by atoms with Crippen molar-refractivity contribution >= 4 is 29.2 Å². The Morgan fingerprint density at radius 3 is 2.76 bits per heavy atom. The molecule has 1 atom stereocenters. The van der Waals surface area contributed by atoms with Crippen molar-refractivity contribution < 1.29 is 22.4 Å². The molecule has 0 radical (unpaired) electrons. The van der Waals surface area contributed by atoms with E-state index in [0.29, 0.717) is 39.5 Å². The molecular weight excluding hydrogens is 489 g/mol. The number of nitrogens with two attached hydrogens (primary N) is 2. The van der Waals surface area contributed by atoms with Crippen LogP contribution in [0, 0.1) is 0 Å². The Balaban J connectivity index is 1.53. The van der Waals surface area contributed by atoms with Gasteiger partial charge < -0.3 is 26.5 Å². The molecule has 2 amide bonds. The lowest BCUT2D eigenvalue weighted by Crippen LogP contribution is -2.36. The highest BCUT2D eigenvalue weighted by Crippen LogP contribution is 2.25. The Hall–Kier alpha value is -4.65. The molecule has 1 unspecified atom stereocenters. The van der Waals surface area contributed by atoms with Crippen molar-refractivity contribution in [3.05, 3.63) is 78.6 Å². The maximum Gasteiger partial charge on any atom is 0.405 e. The second kappa shape index (κ2) is 11.0. The maximum atomic E-state index is 12.3. The topological polar surface area (TPSA) is 149 Å². The van der Waals surface area contributed by atoms with E-state index in [1.54, 1.807) is 77.2 Å². The Bertz CT molecular complexity index is 1430. The summed E-state index contributed by atoms with van der Waals surface area (Å²) in [6.45, 7) is -1.18. The number of carbonyl (C=O) groups excluding carboxylic acids is 1. The first kappa shape index (κ1) is 25.4. The Morgan fingerprint density at radius 2 is 2.05 bits per heavy atom. The number of furan rings is 1. The number of benzene rings is 1. The van der Waals surface area contributed by atoms with Crippen LogP contribution in [0.15, 0.2) is 76.7 Å². The van der Waals surface area contributed by atoms with Crippen LogP contribution in [0.2, 0.25) is 0 Å². The average molecular weight is 512 g/mol. The lowest BCUT2D eigenvalue weighted by Gasteiger charge is -2.10. The van der Waals surface area contributed by atoms with Gasteiger partial charge in [0.15, 0.2) is 5.65 Å². The van der Waals surface area contributed by atoms with Crippen LogP contribution in [0.3, 0.4) is 0 Å². The maximum absolute atomic E-state index is 12.3. The lowest BCUT2D eigenvalue weighted by atomic mass is 10.1. The van der Waals surface area contributed by atoms with Crippen LogP contribution in [0.1, 0.15) is 17.4 Å². The van der Waals surface area contributed by atoms with E-state index >= 15 is 0 Å². The first-order valence-corrected chi connectivity index (χ1v) is 11.0. The van der Waals surface area contributed by atoms with Gasteiger partial charge in [-0.1, -0.05) is 12.1 Å². The average Bonchev–Trinajstić information content (AvgIpc) is 3.55. The zero-order valence-electron chi connectivity index (χ0n) is 19.3. The van der Waals surface area contributed by atoms with Gasteiger partial charge in [0.2, 0.25) is 0 Å². The van der Waals surface area contributed by atoms with Crippen LogP contribution in [0.25, 0.3) is 22.5 Å². The lowest BCUT2D eigenvalue weighted by molar-refractivity contribution is -0.122. The monoisotopic (exact) mass is 512 g/mol. The first-order valence-electron chi connectivity index (χ1n) is 11.0. The fourth-order valence-corrected chi connectivity index (χ4v) is 3.46. The minimum absolute atomic E-state index is 0.251. The van der Waals surface area contributed by atoms with Crippen LogP contribution >= 0.6 is 0 Å². The number of nitrogens with one attached hydrogen (secondary N) is 2. The van der Waals surface area contributed by atoms with E-state index in [2.05, 4.69) is 20.4 Å². The molecule has 4 aromatic rings. The van der Waals surface area contributed by atoms with Crippen molar-refractivity contribution in [2.75, 3.05) is 18.4 Å². The van der Waals surface area contributed by atoms with Crippen molar-refractivity contribution in [2.24, 2.45) is 16.5 Å². The Labute approximate surface area is 208 Å². The van der Waals surface area contributed by atoms with Gasteiger partial charge in [-0.3, -0.25) is 4.99 Å². The summed E-state index contributed by atoms with van der Waals surface area (Å²) >= 11 is 0. The predicted octanol–water partition coefficient (Wildman–Crippen LogP) is 3.74. The molecule has 0 fully saturated rings. The molecule has 10 nitrogen and oxygen atoms in total. The molecule has 192 valence electrons. The molecule has 4 rings (SSSR count). The first-order chi connectivity index (χ1) is 17.8. The number of amides is 2. The van der Waals surface area contributed by atoms with Gasteiger partial charge in [0.1, 0.15) is 18.3 Å². The molecule has 3 aromatic heterocycles. The predicted molar refractivity (Wildman–Crippen MR) is 133 cm³/mol. The van der Waals surface area contributed by atoms with E-state index in [0.717, 1.165) is 0 Å². The van der Waals surface area contributed by atoms with Gasteiger partial charge in [0.05, 0.1) is 24.4 Å². The van der Waals surface area contributed by atoms with Crippen molar-refractivity contribution in [3.63, 3.8) is 0 Å². The summed E-state index contributed by atoms with van der Waals surface area (Å²) in [5, 5.41) is 8.60. The highest BCUT2D eigenvalue weighted by molar-refractivity contribution is 6.09. The van der Waals surface area contributed by atoms with E-state index < -0.39 is 18.8 Å². The summed E-state index contributed by atoms with van der Waals surface area (Å²) in [5.41, 5.74) is 15.0. The minimum atomic E-state index is -4.50. The van der Waals surface area contributed by atoms with Gasteiger partial charge >= 0.3 is 12.2 Å². The van der Waals surface area contributed by atoms with E-state index in [1.807, 2.05) is 0 Å². The van der Waals surface area contributed by atoms with Gasteiger partial charge in [-0.05, 0) is 30.3 Å². The van der Waals surface area contributed by atoms with Gasteiger partial charge in [0, 0.05) is 41.3 Å². The molecule has 37 heavy (non-hydrogen) atoms. The van der Waals surface area contributed by atoms with Crippen molar-refractivity contribution in [1.82, 2.24) is 19.9 Å². The molecule has 3 heterocycles. The fraction of sp³-hybridized carbons (Fsp3) is 0.167. The Morgan fingerprint density at radius 1 is 1.22 bits per heavy atom. The highest BCUT2D eigenvalue weighted by atomic mass is 19.4. The number of nitrogens with zero attached hydrogens (tertiary/aromatic N) is 4. The number of alkyl halides is 3. The Kier molecular flexibility index (Phi) is 7.53. The summed E-state index contributed by atoms with van der Waals surface area (Å²) in [5.74, 6) is 0.635. The second-order valence-corrected chi connectivity index (χ2v) is 7.83. The molecule has 0 bridgehead atoms. The van der Waals surface area contributed by atoms with Crippen LogP contribution in [0.5, 0.6) is 0 Å². The number of hydrogen-bond acceptors (Lipinski definition) is 7. The molecule has 0 spiro atoms. The van der Waals surface area contributed by atoms with Gasteiger partial charge in [-0.2, -0.15) is 18.3 Å². The number of rotatable bonds is 8. The molecule has 0 aliphatic heterocycles. The second-order valence-electron chi connectivity index (χ2n) is 7.83. The molecule has 0 aliphatic rings. The standard InChI is InChI=1S/C24H23F3N8O2/c25-24(26,27)14-32-23(36)34-18-4-1-3-15(7-18)20-13-31-22-8-16(12-33-35(20)22)17(9-28)11-30-19(10-29)21-5-2-6-37-21/h1-9,11-13,19H,10,14,28-29H2,(H2,32,34,36). The van der Waals surface area contributed by atoms with Gasteiger partial charge in [-0.15, -0.1) is 0 Å². The van der Waals surface area contributed by atoms with Crippen molar-refractivity contribution in [2.45, 2.75) is 12.2 Å². The smallest absolute Gasteiger partial charge is 0.405 e. The third-order valence-corrected chi connectivity index (χ3v) is 5.23. The number of aromatic nitrogens is 3. The van der Waals surface area contributed by atoms with Crippen LogP contribution in [-0.2, 0) is 0 Å². The molecular formula is C24H23F3N8O2. The van der Waals surface area contributed by atoms with Gasteiger partial charge in [0.25, 0.3) is 0 Å². The molecule has 1 aromatic carbocycles. The van der Waals surface area contributed by atoms with Crippen molar-refractivity contribution in [3.8, 4) is 11.3 Å². The quantitative estimate of drug-likeness (QED) is 0.264. The summed E-state index contributed by atoms with van der Waals surface area (Å²) in [7, 11) is 0. The SMILES string of the molecule is NC=C(C=NC(CN)c1ccco1)c1cnn2c(-c3cccc(NC(=O)NCC(F)(F)F)c3)cnc2c1. The zero-order valence-corrected chi connectivity index (χ0v) is 19.3. The summed E-state index contributed by atoms with van der Waals surface area (Å²) in [6.07, 6.45) is 3.23. The summed E-state index contributed by atoms with van der Waals surface area (Å²) < 4.78 is 43.9. The number of imidazole rings is 1. The third-order valence-electron chi connectivity index (χ3n) is 5.23. The van der Waals surface area contributed by atoms with E-state index in [4.69, 9.17) is 15.9 Å². The molecule has 0 saturated carbocycles. The molecule has 0 saturated heterocycles. The fourth-order valence-electron chi connectivity index (χ4n) is 3.46. The number of urea groups is 1. The number of allylic oxidation sites excluding steroid dienone is 1. The number of halogens is 3. The number of carbonyl (C=O) groups is 1. The molecule has 6 N–H and O–H groups in total. The van der Waals surface area contributed by atoms with Crippen molar-refractivity contribution in [1.29, 1.82) is 0 Å². The minimum Gasteiger partial charge on any atom is -0.467 e. The zero-order chi connectivity index (χ0) is 26.4. The number of fused-ring (bicyclic) bond motifs is 1. The third kappa shape index (κ3) is 6.32. The van der Waals surface area contributed by atoms with Crippen LogP contribution in [-0.4, -0.2) is 46.1 Å². The van der Waals surface area contributed by atoms with E-state index in [-0.39, 0.29) is 12.6 Å². The largest absolute Gasteiger partial charge is 0.467 e.